The highest BCUT2D eigenvalue weighted by molar-refractivity contribution is 5.57. The van der Waals surface area contributed by atoms with Gasteiger partial charge in [0.1, 0.15) is 11.6 Å². The molecule has 3 heterocycles. The van der Waals surface area contributed by atoms with Gasteiger partial charge in [-0.15, -0.1) is 5.10 Å². The zero-order valence-corrected chi connectivity index (χ0v) is 15.8. The van der Waals surface area contributed by atoms with Gasteiger partial charge in [-0.2, -0.15) is 10.1 Å². The van der Waals surface area contributed by atoms with Crippen LogP contribution in [0, 0.1) is 0 Å². The Bertz CT molecular complexity index is 881. The minimum atomic E-state index is 0.636. The SMILES string of the molecule is CCOc1ccc(Nc2cnnc(N3CCN(c4ccccn4)CC3)n2)cc1. The standard InChI is InChI=1S/C20H23N7O/c1-2-28-17-8-6-16(7-9-17)23-18-15-22-25-20(24-18)27-13-11-26(12-14-27)19-5-3-4-10-21-19/h3-10,15H,2,11-14H2,1H3,(H,23,24,25). The molecule has 28 heavy (non-hydrogen) atoms. The summed E-state index contributed by atoms with van der Waals surface area (Å²) in [6, 6.07) is 13.8. The Balaban J connectivity index is 1.39. The topological polar surface area (TPSA) is 79.3 Å². The molecule has 0 bridgehead atoms. The van der Waals surface area contributed by atoms with Gasteiger partial charge in [-0.25, -0.2) is 4.98 Å². The first-order valence-electron chi connectivity index (χ1n) is 9.42. The molecule has 0 atom stereocenters. The van der Waals surface area contributed by atoms with E-state index in [2.05, 4.69) is 35.3 Å². The Hall–Kier alpha value is -3.42. The van der Waals surface area contributed by atoms with E-state index in [1.807, 2.05) is 55.6 Å². The third-order valence-corrected chi connectivity index (χ3v) is 4.52. The van der Waals surface area contributed by atoms with Crippen molar-refractivity contribution >= 4 is 23.3 Å². The van der Waals surface area contributed by atoms with Gasteiger partial charge in [0, 0.05) is 38.1 Å². The quantitative estimate of drug-likeness (QED) is 0.702. The normalized spacial score (nSPS) is 14.0. The number of hydrogen-bond donors (Lipinski definition) is 1. The second-order valence-electron chi connectivity index (χ2n) is 6.39. The van der Waals surface area contributed by atoms with E-state index in [-0.39, 0.29) is 0 Å². The van der Waals surface area contributed by atoms with Gasteiger partial charge in [0.15, 0.2) is 5.82 Å². The van der Waals surface area contributed by atoms with Crippen molar-refractivity contribution in [3.05, 3.63) is 54.9 Å². The molecule has 1 aliphatic rings. The van der Waals surface area contributed by atoms with Crippen molar-refractivity contribution in [2.75, 3.05) is 47.9 Å². The second kappa shape index (κ2) is 8.51. The summed E-state index contributed by atoms with van der Waals surface area (Å²) in [6.07, 6.45) is 3.45. The number of nitrogens with one attached hydrogen (secondary N) is 1. The Labute approximate surface area is 164 Å². The number of hydrogen-bond acceptors (Lipinski definition) is 8. The Kier molecular flexibility index (Phi) is 5.46. The van der Waals surface area contributed by atoms with Gasteiger partial charge in [0.2, 0.25) is 5.95 Å². The maximum absolute atomic E-state index is 5.47. The predicted octanol–water partition coefficient (Wildman–Crippen LogP) is 2.74. The van der Waals surface area contributed by atoms with Gasteiger partial charge in [-0.1, -0.05) is 6.07 Å². The fourth-order valence-electron chi connectivity index (χ4n) is 3.11. The van der Waals surface area contributed by atoms with Crippen LogP contribution in [0.25, 0.3) is 0 Å². The largest absolute Gasteiger partial charge is 0.494 e. The molecule has 0 spiro atoms. The molecule has 0 unspecified atom stereocenters. The molecule has 0 radical (unpaired) electrons. The molecule has 4 rings (SSSR count). The molecule has 2 aromatic heterocycles. The summed E-state index contributed by atoms with van der Waals surface area (Å²) in [5.41, 5.74) is 0.926. The van der Waals surface area contributed by atoms with Gasteiger partial charge in [0.05, 0.1) is 12.8 Å². The summed E-state index contributed by atoms with van der Waals surface area (Å²) in [4.78, 5) is 13.5. The lowest BCUT2D eigenvalue weighted by Gasteiger charge is -2.35. The van der Waals surface area contributed by atoms with Crippen LogP contribution in [0.4, 0.5) is 23.3 Å². The Morgan fingerprint density at radius 3 is 2.50 bits per heavy atom. The highest BCUT2D eigenvalue weighted by Gasteiger charge is 2.20. The summed E-state index contributed by atoms with van der Waals surface area (Å²) in [5, 5.41) is 11.6. The van der Waals surface area contributed by atoms with Crippen LogP contribution in [0.3, 0.4) is 0 Å². The number of aromatic nitrogens is 4. The fourth-order valence-corrected chi connectivity index (χ4v) is 3.11. The molecule has 1 aromatic carbocycles. The molecule has 1 fully saturated rings. The van der Waals surface area contributed by atoms with Crippen LogP contribution in [0.5, 0.6) is 5.75 Å². The van der Waals surface area contributed by atoms with Crippen LogP contribution in [0.2, 0.25) is 0 Å². The van der Waals surface area contributed by atoms with Crippen LogP contribution in [0.1, 0.15) is 6.92 Å². The number of benzene rings is 1. The maximum atomic E-state index is 5.47. The summed E-state index contributed by atoms with van der Waals surface area (Å²) >= 11 is 0. The van der Waals surface area contributed by atoms with E-state index < -0.39 is 0 Å². The first kappa shape index (κ1) is 18.0. The molecule has 0 saturated carbocycles. The molecule has 3 aromatic rings. The molecular weight excluding hydrogens is 354 g/mol. The lowest BCUT2D eigenvalue weighted by molar-refractivity contribution is 0.340. The maximum Gasteiger partial charge on any atom is 0.247 e. The van der Waals surface area contributed by atoms with Crippen LogP contribution in [0.15, 0.2) is 54.9 Å². The number of pyridine rings is 1. The second-order valence-corrected chi connectivity index (χ2v) is 6.39. The zero-order chi connectivity index (χ0) is 19.2. The third kappa shape index (κ3) is 4.28. The molecule has 0 amide bonds. The number of anilines is 4. The highest BCUT2D eigenvalue weighted by Crippen LogP contribution is 2.20. The van der Waals surface area contributed by atoms with Crippen molar-refractivity contribution in [1.82, 2.24) is 20.2 Å². The summed E-state index contributed by atoms with van der Waals surface area (Å²) in [7, 11) is 0. The molecule has 8 heteroatoms. The first-order chi connectivity index (χ1) is 13.8. The molecule has 8 nitrogen and oxygen atoms in total. The van der Waals surface area contributed by atoms with Crippen LogP contribution in [-0.4, -0.2) is 53.0 Å². The highest BCUT2D eigenvalue weighted by atomic mass is 16.5. The molecular formula is C20H23N7O. The Morgan fingerprint density at radius 2 is 1.79 bits per heavy atom. The van der Waals surface area contributed by atoms with E-state index in [0.29, 0.717) is 18.4 Å². The average Bonchev–Trinajstić information content (AvgIpc) is 2.76. The fraction of sp³-hybridized carbons (Fsp3) is 0.300. The van der Waals surface area contributed by atoms with Gasteiger partial charge in [-0.3, -0.25) is 0 Å². The number of nitrogens with zero attached hydrogens (tertiary/aromatic N) is 6. The smallest absolute Gasteiger partial charge is 0.247 e. The number of rotatable bonds is 6. The Morgan fingerprint density at radius 1 is 1.00 bits per heavy atom. The van der Waals surface area contributed by atoms with Crippen molar-refractivity contribution in [2.24, 2.45) is 0 Å². The third-order valence-electron chi connectivity index (χ3n) is 4.52. The number of piperazine rings is 1. The summed E-state index contributed by atoms with van der Waals surface area (Å²) in [5.74, 6) is 3.16. The lowest BCUT2D eigenvalue weighted by atomic mass is 10.3. The summed E-state index contributed by atoms with van der Waals surface area (Å²) < 4.78 is 5.47. The van der Waals surface area contributed by atoms with Crippen LogP contribution < -0.4 is 19.9 Å². The van der Waals surface area contributed by atoms with E-state index >= 15 is 0 Å². The first-order valence-corrected chi connectivity index (χ1v) is 9.42. The van der Waals surface area contributed by atoms with Crippen molar-refractivity contribution in [3.63, 3.8) is 0 Å². The monoisotopic (exact) mass is 377 g/mol. The minimum absolute atomic E-state index is 0.636. The molecule has 1 aliphatic heterocycles. The van der Waals surface area contributed by atoms with Gasteiger partial charge < -0.3 is 19.9 Å². The van der Waals surface area contributed by atoms with E-state index in [1.165, 1.54) is 0 Å². The van der Waals surface area contributed by atoms with E-state index in [4.69, 9.17) is 4.74 Å². The van der Waals surface area contributed by atoms with E-state index in [0.717, 1.165) is 43.4 Å². The van der Waals surface area contributed by atoms with Crippen molar-refractivity contribution in [1.29, 1.82) is 0 Å². The molecule has 1 N–H and O–H groups in total. The van der Waals surface area contributed by atoms with Gasteiger partial charge >= 0.3 is 0 Å². The van der Waals surface area contributed by atoms with Crippen LogP contribution >= 0.6 is 0 Å². The molecule has 144 valence electrons. The zero-order valence-electron chi connectivity index (χ0n) is 15.8. The van der Waals surface area contributed by atoms with Gasteiger partial charge in [-0.05, 0) is 43.3 Å². The van der Waals surface area contributed by atoms with Crippen molar-refractivity contribution < 1.29 is 4.74 Å². The van der Waals surface area contributed by atoms with E-state index in [1.54, 1.807) is 6.20 Å². The average molecular weight is 377 g/mol. The molecule has 1 saturated heterocycles. The predicted molar refractivity (Wildman–Crippen MR) is 109 cm³/mol. The van der Waals surface area contributed by atoms with Crippen molar-refractivity contribution in [3.8, 4) is 5.75 Å². The van der Waals surface area contributed by atoms with Crippen molar-refractivity contribution in [2.45, 2.75) is 6.92 Å². The minimum Gasteiger partial charge on any atom is -0.494 e. The lowest BCUT2D eigenvalue weighted by Crippen LogP contribution is -2.47. The van der Waals surface area contributed by atoms with Gasteiger partial charge in [0.25, 0.3) is 0 Å². The number of ether oxygens (including phenoxy) is 1. The summed E-state index contributed by atoms with van der Waals surface area (Å²) in [6.45, 7) is 6.01. The van der Waals surface area contributed by atoms with E-state index in [9.17, 15) is 0 Å². The molecule has 0 aliphatic carbocycles. The van der Waals surface area contributed by atoms with Crippen LogP contribution in [-0.2, 0) is 0 Å².